The van der Waals surface area contributed by atoms with E-state index in [0.717, 1.165) is 37.1 Å². The number of ether oxygens (including phenoxy) is 2. The Hall–Kier alpha value is -2.00. The van der Waals surface area contributed by atoms with Crippen molar-refractivity contribution in [2.75, 3.05) is 43.9 Å². The first kappa shape index (κ1) is 24.1. The minimum absolute atomic E-state index is 0.178. The minimum atomic E-state index is -3.12. The third kappa shape index (κ3) is 5.93. The number of amides is 1. The van der Waals surface area contributed by atoms with Crippen LogP contribution < -0.4 is 9.64 Å². The molecule has 184 valence electrons. The van der Waals surface area contributed by atoms with Crippen molar-refractivity contribution < 1.29 is 22.7 Å². The SMILES string of the molecule is CC(C)(C)OC(=O)N1[C@@H]2CC[C@H]1CC(COc1ccc(N3CCN(S(C)(=O)=O)CC3)cc1)C2. The first-order valence-corrected chi connectivity index (χ1v) is 13.8. The van der Waals surface area contributed by atoms with Crippen LogP contribution in [0.25, 0.3) is 0 Å². The van der Waals surface area contributed by atoms with E-state index in [2.05, 4.69) is 4.90 Å². The molecule has 3 fully saturated rings. The molecule has 3 aliphatic heterocycles. The standard InChI is InChI=1S/C24H37N3O5S/c1-24(2,3)32-23(28)27-20-5-6-21(27)16-18(15-20)17-31-22-9-7-19(8-10-22)25-11-13-26(14-12-25)33(4,29)30/h7-10,18,20-21H,5-6,11-17H2,1-4H3/t18?,20-,21+. The Morgan fingerprint density at radius 1 is 1.00 bits per heavy atom. The number of hydrogen-bond donors (Lipinski definition) is 0. The molecule has 1 aromatic carbocycles. The summed E-state index contributed by atoms with van der Waals surface area (Å²) in [6.07, 6.45) is 5.09. The van der Waals surface area contributed by atoms with E-state index in [1.807, 2.05) is 49.9 Å². The Kier molecular flexibility index (Phi) is 6.82. The molecule has 33 heavy (non-hydrogen) atoms. The molecule has 9 heteroatoms. The molecule has 1 amide bonds. The van der Waals surface area contributed by atoms with E-state index in [4.69, 9.17) is 9.47 Å². The summed E-state index contributed by atoms with van der Waals surface area (Å²) < 4.78 is 36.7. The second kappa shape index (κ2) is 9.33. The van der Waals surface area contributed by atoms with Crippen LogP contribution >= 0.6 is 0 Å². The number of rotatable bonds is 5. The van der Waals surface area contributed by atoms with E-state index in [-0.39, 0.29) is 18.2 Å². The Balaban J connectivity index is 1.26. The van der Waals surface area contributed by atoms with Gasteiger partial charge in [0.15, 0.2) is 0 Å². The third-order valence-electron chi connectivity index (χ3n) is 6.83. The molecule has 2 bridgehead atoms. The maximum atomic E-state index is 12.6. The molecular weight excluding hydrogens is 442 g/mol. The Labute approximate surface area is 197 Å². The molecule has 1 aromatic rings. The molecule has 3 atom stereocenters. The van der Waals surface area contributed by atoms with E-state index in [1.54, 1.807) is 0 Å². The van der Waals surface area contributed by atoms with Gasteiger partial charge in [0.2, 0.25) is 10.0 Å². The molecule has 0 aliphatic carbocycles. The summed E-state index contributed by atoms with van der Waals surface area (Å²) in [6, 6.07) is 8.56. The van der Waals surface area contributed by atoms with Crippen molar-refractivity contribution in [3.05, 3.63) is 24.3 Å². The van der Waals surface area contributed by atoms with Crippen LogP contribution in [0.2, 0.25) is 0 Å². The number of nitrogens with zero attached hydrogens (tertiary/aromatic N) is 3. The van der Waals surface area contributed by atoms with Crippen molar-refractivity contribution in [1.29, 1.82) is 0 Å². The Morgan fingerprint density at radius 3 is 2.09 bits per heavy atom. The number of piperidine rings is 1. The van der Waals surface area contributed by atoms with Gasteiger partial charge < -0.3 is 19.3 Å². The maximum absolute atomic E-state index is 12.6. The lowest BCUT2D eigenvalue weighted by Crippen LogP contribution is -2.49. The minimum Gasteiger partial charge on any atom is -0.493 e. The van der Waals surface area contributed by atoms with Crippen molar-refractivity contribution in [2.24, 2.45) is 5.92 Å². The van der Waals surface area contributed by atoms with Crippen LogP contribution in [0.4, 0.5) is 10.5 Å². The molecule has 0 saturated carbocycles. The van der Waals surface area contributed by atoms with Crippen LogP contribution in [0.15, 0.2) is 24.3 Å². The molecule has 0 N–H and O–H groups in total. The first-order chi connectivity index (χ1) is 15.5. The van der Waals surface area contributed by atoms with Crippen LogP contribution in [0.5, 0.6) is 5.75 Å². The van der Waals surface area contributed by atoms with Gasteiger partial charge in [-0.15, -0.1) is 0 Å². The van der Waals surface area contributed by atoms with Gasteiger partial charge in [0, 0.05) is 44.0 Å². The highest BCUT2D eigenvalue weighted by Crippen LogP contribution is 2.39. The van der Waals surface area contributed by atoms with Crippen LogP contribution in [0, 0.1) is 5.92 Å². The zero-order valence-corrected chi connectivity index (χ0v) is 21.0. The Morgan fingerprint density at radius 2 is 1.58 bits per heavy atom. The zero-order chi connectivity index (χ0) is 23.8. The summed E-state index contributed by atoms with van der Waals surface area (Å²) in [5.74, 6) is 1.28. The fourth-order valence-corrected chi connectivity index (χ4v) is 6.11. The van der Waals surface area contributed by atoms with Gasteiger partial charge in [0.05, 0.1) is 12.9 Å². The van der Waals surface area contributed by atoms with Crippen LogP contribution in [-0.2, 0) is 14.8 Å². The lowest BCUT2D eigenvalue weighted by molar-refractivity contribution is -0.000964. The van der Waals surface area contributed by atoms with Gasteiger partial charge in [-0.05, 0) is 76.6 Å². The number of fused-ring (bicyclic) bond motifs is 2. The highest BCUT2D eigenvalue weighted by molar-refractivity contribution is 7.88. The van der Waals surface area contributed by atoms with Gasteiger partial charge in [-0.2, -0.15) is 4.31 Å². The highest BCUT2D eigenvalue weighted by atomic mass is 32.2. The summed E-state index contributed by atoms with van der Waals surface area (Å²) in [5, 5.41) is 0. The fraction of sp³-hybridized carbons (Fsp3) is 0.708. The quantitative estimate of drug-likeness (QED) is 0.645. The lowest BCUT2D eigenvalue weighted by Gasteiger charge is -2.39. The molecule has 1 unspecified atom stereocenters. The van der Waals surface area contributed by atoms with Gasteiger partial charge in [0.25, 0.3) is 0 Å². The van der Waals surface area contributed by atoms with Gasteiger partial charge in [0.1, 0.15) is 11.4 Å². The van der Waals surface area contributed by atoms with E-state index in [1.165, 1.54) is 10.6 Å². The summed E-state index contributed by atoms with van der Waals surface area (Å²) in [5.41, 5.74) is 0.614. The topological polar surface area (TPSA) is 79.4 Å². The maximum Gasteiger partial charge on any atom is 0.410 e. The molecule has 0 spiro atoms. The second-order valence-electron chi connectivity index (χ2n) is 10.6. The molecule has 3 aliphatic rings. The number of hydrogen-bond acceptors (Lipinski definition) is 6. The summed E-state index contributed by atoms with van der Waals surface area (Å²) in [7, 11) is -3.12. The van der Waals surface area contributed by atoms with Crippen molar-refractivity contribution in [3.8, 4) is 5.75 Å². The molecule has 0 radical (unpaired) electrons. The van der Waals surface area contributed by atoms with Crippen molar-refractivity contribution in [1.82, 2.24) is 9.21 Å². The summed E-state index contributed by atoms with van der Waals surface area (Å²) >= 11 is 0. The number of sulfonamides is 1. The third-order valence-corrected chi connectivity index (χ3v) is 8.13. The largest absolute Gasteiger partial charge is 0.493 e. The molecule has 4 rings (SSSR count). The monoisotopic (exact) mass is 479 g/mol. The first-order valence-electron chi connectivity index (χ1n) is 11.9. The van der Waals surface area contributed by atoms with E-state index in [9.17, 15) is 13.2 Å². The Bertz CT molecular complexity index is 922. The number of carbonyl (C=O) groups excluding carboxylic acids is 1. The molecule has 3 heterocycles. The number of piperazine rings is 1. The normalized spacial score (nSPS) is 26.4. The molecule has 0 aromatic heterocycles. The predicted molar refractivity (Wildman–Crippen MR) is 128 cm³/mol. The highest BCUT2D eigenvalue weighted by Gasteiger charge is 2.44. The van der Waals surface area contributed by atoms with Crippen molar-refractivity contribution >= 4 is 21.8 Å². The number of anilines is 1. The summed E-state index contributed by atoms with van der Waals surface area (Å²) in [4.78, 5) is 16.8. The number of carbonyl (C=O) groups is 1. The molecule has 3 saturated heterocycles. The zero-order valence-electron chi connectivity index (χ0n) is 20.2. The number of benzene rings is 1. The van der Waals surface area contributed by atoms with Gasteiger partial charge in [-0.25, -0.2) is 13.2 Å². The smallest absolute Gasteiger partial charge is 0.410 e. The lowest BCUT2D eigenvalue weighted by atomic mass is 9.91. The summed E-state index contributed by atoms with van der Waals surface area (Å²) in [6.45, 7) is 8.79. The van der Waals surface area contributed by atoms with Crippen molar-refractivity contribution in [2.45, 2.75) is 64.1 Å². The van der Waals surface area contributed by atoms with Crippen LogP contribution in [-0.4, -0.2) is 80.4 Å². The van der Waals surface area contributed by atoms with Gasteiger partial charge in [-0.3, -0.25) is 0 Å². The average Bonchev–Trinajstić information content (AvgIpc) is 3.01. The molecular formula is C24H37N3O5S. The van der Waals surface area contributed by atoms with Crippen molar-refractivity contribution in [3.63, 3.8) is 0 Å². The van der Waals surface area contributed by atoms with Crippen LogP contribution in [0.3, 0.4) is 0 Å². The predicted octanol–water partition coefficient (Wildman–Crippen LogP) is 3.33. The second-order valence-corrected chi connectivity index (χ2v) is 12.5. The van der Waals surface area contributed by atoms with E-state index < -0.39 is 15.6 Å². The van der Waals surface area contributed by atoms with E-state index in [0.29, 0.717) is 38.7 Å². The molecule has 8 nitrogen and oxygen atoms in total. The van der Waals surface area contributed by atoms with E-state index >= 15 is 0 Å². The van der Waals surface area contributed by atoms with Gasteiger partial charge >= 0.3 is 6.09 Å². The van der Waals surface area contributed by atoms with Gasteiger partial charge in [-0.1, -0.05) is 0 Å². The fourth-order valence-electron chi connectivity index (χ4n) is 5.28. The van der Waals surface area contributed by atoms with Crippen LogP contribution in [0.1, 0.15) is 46.5 Å². The average molecular weight is 480 g/mol.